The molecule has 0 aliphatic heterocycles. The molecule has 1 nitrogen and oxygen atoms in total. The van der Waals surface area contributed by atoms with Crippen LogP contribution in [-0.4, -0.2) is 13.6 Å². The van der Waals surface area contributed by atoms with Gasteiger partial charge in [-0.05, 0) is 67.7 Å². The zero-order valence-corrected chi connectivity index (χ0v) is 15.0. The lowest BCUT2D eigenvalue weighted by Gasteiger charge is -2.18. The van der Waals surface area contributed by atoms with E-state index in [1.165, 1.54) is 11.6 Å². The molecule has 1 N–H and O–H groups in total. The lowest BCUT2D eigenvalue weighted by atomic mass is 9.92. The predicted molar refractivity (Wildman–Crippen MR) is 93.1 cm³/mol. The van der Waals surface area contributed by atoms with Gasteiger partial charge in [-0.3, -0.25) is 0 Å². The number of rotatable bonds is 6. The van der Waals surface area contributed by atoms with Gasteiger partial charge in [-0.25, -0.2) is 4.39 Å². The fraction of sp³-hybridized carbons (Fsp3) is 0.294. The highest BCUT2D eigenvalue weighted by molar-refractivity contribution is 9.10. The molecule has 21 heavy (non-hydrogen) atoms. The summed E-state index contributed by atoms with van der Waals surface area (Å²) in [6.07, 6.45) is 1.78. The first-order chi connectivity index (χ1) is 10.1. The van der Waals surface area contributed by atoms with E-state index < -0.39 is 0 Å². The zero-order valence-electron chi connectivity index (χ0n) is 11.9. The van der Waals surface area contributed by atoms with Crippen LogP contribution in [0, 0.1) is 11.7 Å². The Labute approximate surface area is 142 Å². The van der Waals surface area contributed by atoms with Gasteiger partial charge >= 0.3 is 0 Å². The molecule has 2 aromatic rings. The normalized spacial score (nSPS) is 12.4. The van der Waals surface area contributed by atoms with Crippen LogP contribution >= 0.6 is 31.9 Å². The van der Waals surface area contributed by atoms with Crippen LogP contribution in [0.15, 0.2) is 51.4 Å². The molecule has 2 rings (SSSR count). The van der Waals surface area contributed by atoms with Gasteiger partial charge in [-0.1, -0.05) is 50.1 Å². The number of hydrogen-bond acceptors (Lipinski definition) is 1. The second-order valence-electron chi connectivity index (χ2n) is 5.16. The SMILES string of the molecule is CNCC(Cc1ccccc1Br)Cc1cc(F)ccc1Br. The molecule has 0 radical (unpaired) electrons. The van der Waals surface area contributed by atoms with Crippen molar-refractivity contribution in [2.24, 2.45) is 5.92 Å². The van der Waals surface area contributed by atoms with Crippen LogP contribution in [0.1, 0.15) is 11.1 Å². The first-order valence-corrected chi connectivity index (χ1v) is 8.50. The fourth-order valence-corrected chi connectivity index (χ4v) is 3.35. The maximum atomic E-state index is 13.4. The summed E-state index contributed by atoms with van der Waals surface area (Å²) in [5.41, 5.74) is 2.30. The largest absolute Gasteiger partial charge is 0.319 e. The molecule has 1 atom stereocenters. The van der Waals surface area contributed by atoms with E-state index in [2.05, 4.69) is 55.4 Å². The summed E-state index contributed by atoms with van der Waals surface area (Å²) in [6.45, 7) is 0.893. The van der Waals surface area contributed by atoms with Crippen molar-refractivity contribution < 1.29 is 4.39 Å². The zero-order chi connectivity index (χ0) is 15.2. The molecule has 0 heterocycles. The van der Waals surface area contributed by atoms with Crippen molar-refractivity contribution >= 4 is 31.9 Å². The molecule has 0 aliphatic rings. The molecule has 2 aromatic carbocycles. The number of halogens is 3. The van der Waals surface area contributed by atoms with Gasteiger partial charge in [0, 0.05) is 8.95 Å². The quantitative estimate of drug-likeness (QED) is 0.703. The van der Waals surface area contributed by atoms with Crippen molar-refractivity contribution in [2.45, 2.75) is 12.8 Å². The van der Waals surface area contributed by atoms with Crippen molar-refractivity contribution in [1.82, 2.24) is 5.32 Å². The van der Waals surface area contributed by atoms with E-state index in [9.17, 15) is 4.39 Å². The monoisotopic (exact) mass is 413 g/mol. The molecule has 112 valence electrons. The van der Waals surface area contributed by atoms with E-state index in [1.807, 2.05) is 13.1 Å². The number of benzene rings is 2. The molecular weight excluding hydrogens is 397 g/mol. The van der Waals surface area contributed by atoms with Crippen molar-refractivity contribution in [2.75, 3.05) is 13.6 Å². The van der Waals surface area contributed by atoms with Crippen molar-refractivity contribution in [1.29, 1.82) is 0 Å². The van der Waals surface area contributed by atoms with Crippen LogP contribution in [0.3, 0.4) is 0 Å². The van der Waals surface area contributed by atoms with Crippen LogP contribution in [-0.2, 0) is 12.8 Å². The van der Waals surface area contributed by atoms with Crippen molar-refractivity contribution in [3.63, 3.8) is 0 Å². The maximum absolute atomic E-state index is 13.4. The fourth-order valence-electron chi connectivity index (χ4n) is 2.49. The lowest BCUT2D eigenvalue weighted by Crippen LogP contribution is -2.23. The summed E-state index contributed by atoms with van der Waals surface area (Å²) < 4.78 is 15.5. The third-order valence-corrected chi connectivity index (χ3v) is 5.02. The van der Waals surface area contributed by atoms with Gasteiger partial charge in [0.15, 0.2) is 0 Å². The molecule has 0 saturated heterocycles. The van der Waals surface area contributed by atoms with Crippen molar-refractivity contribution in [3.05, 3.63) is 68.4 Å². The first kappa shape index (κ1) is 16.7. The van der Waals surface area contributed by atoms with Crippen molar-refractivity contribution in [3.8, 4) is 0 Å². The van der Waals surface area contributed by atoms with E-state index >= 15 is 0 Å². The topological polar surface area (TPSA) is 12.0 Å². The number of hydrogen-bond donors (Lipinski definition) is 1. The van der Waals surface area contributed by atoms with Gasteiger partial charge in [-0.2, -0.15) is 0 Å². The molecular formula is C17H18Br2FN. The molecule has 1 unspecified atom stereocenters. The van der Waals surface area contributed by atoms with Crippen LogP contribution in [0.25, 0.3) is 0 Å². The van der Waals surface area contributed by atoms with Crippen LogP contribution in [0.4, 0.5) is 4.39 Å². The highest BCUT2D eigenvalue weighted by atomic mass is 79.9. The summed E-state index contributed by atoms with van der Waals surface area (Å²) in [7, 11) is 1.95. The minimum atomic E-state index is -0.183. The molecule has 0 bridgehead atoms. The Bertz CT molecular complexity index is 601. The molecule has 0 spiro atoms. The Morgan fingerprint density at radius 2 is 1.67 bits per heavy atom. The molecule has 0 amide bonds. The second kappa shape index (κ2) is 8.06. The average molecular weight is 415 g/mol. The highest BCUT2D eigenvalue weighted by Gasteiger charge is 2.14. The summed E-state index contributed by atoms with van der Waals surface area (Å²) in [4.78, 5) is 0. The maximum Gasteiger partial charge on any atom is 0.123 e. The molecule has 4 heteroatoms. The Balaban J connectivity index is 2.16. The summed E-state index contributed by atoms with van der Waals surface area (Å²) in [5, 5.41) is 3.24. The predicted octanol–water partition coefficient (Wildman–Crippen LogP) is 4.97. The van der Waals surface area contributed by atoms with Gasteiger partial charge in [0.2, 0.25) is 0 Å². The summed E-state index contributed by atoms with van der Waals surface area (Å²) in [6, 6.07) is 13.1. The van der Waals surface area contributed by atoms with Crippen LogP contribution in [0.2, 0.25) is 0 Å². The number of nitrogens with one attached hydrogen (secondary N) is 1. The van der Waals surface area contributed by atoms with Gasteiger partial charge in [-0.15, -0.1) is 0 Å². The molecule has 0 saturated carbocycles. The standard InChI is InChI=1S/C17H18Br2FN/c1-21-11-12(8-13-4-2-3-5-16(13)18)9-14-10-15(20)6-7-17(14)19/h2-7,10,12,21H,8-9,11H2,1H3. The van der Waals surface area contributed by atoms with Gasteiger partial charge < -0.3 is 5.32 Å². The lowest BCUT2D eigenvalue weighted by molar-refractivity contribution is 0.490. The Kier molecular flexibility index (Phi) is 6.40. The van der Waals surface area contributed by atoms with Gasteiger partial charge in [0.1, 0.15) is 5.82 Å². The summed E-state index contributed by atoms with van der Waals surface area (Å²) >= 11 is 7.11. The Hall–Kier alpha value is -0.710. The van der Waals surface area contributed by atoms with E-state index in [1.54, 1.807) is 12.1 Å². The first-order valence-electron chi connectivity index (χ1n) is 6.92. The van der Waals surface area contributed by atoms with E-state index in [0.717, 1.165) is 33.9 Å². The third-order valence-electron chi connectivity index (χ3n) is 3.48. The second-order valence-corrected chi connectivity index (χ2v) is 6.87. The van der Waals surface area contributed by atoms with Gasteiger partial charge in [0.05, 0.1) is 0 Å². The highest BCUT2D eigenvalue weighted by Crippen LogP contribution is 2.25. The van der Waals surface area contributed by atoms with E-state index in [-0.39, 0.29) is 5.82 Å². The molecule has 0 aromatic heterocycles. The van der Waals surface area contributed by atoms with Crippen LogP contribution in [0.5, 0.6) is 0 Å². The third kappa shape index (κ3) is 4.90. The smallest absolute Gasteiger partial charge is 0.123 e. The van der Waals surface area contributed by atoms with E-state index in [0.29, 0.717) is 5.92 Å². The Morgan fingerprint density at radius 1 is 1.00 bits per heavy atom. The minimum Gasteiger partial charge on any atom is -0.319 e. The summed E-state index contributed by atoms with van der Waals surface area (Å²) in [5.74, 6) is 0.226. The molecule has 0 aliphatic carbocycles. The van der Waals surface area contributed by atoms with E-state index in [4.69, 9.17) is 0 Å². The Morgan fingerprint density at radius 3 is 2.38 bits per heavy atom. The average Bonchev–Trinajstić information content (AvgIpc) is 2.45. The van der Waals surface area contributed by atoms with Crippen LogP contribution < -0.4 is 5.32 Å². The van der Waals surface area contributed by atoms with Gasteiger partial charge in [0.25, 0.3) is 0 Å². The molecule has 0 fully saturated rings. The minimum absolute atomic E-state index is 0.183.